The van der Waals surface area contributed by atoms with Crippen molar-refractivity contribution in [1.29, 1.82) is 0 Å². The van der Waals surface area contributed by atoms with Gasteiger partial charge in [0.15, 0.2) is 8.32 Å². The standard InChI is InChI=1S/C21H36O2Si/c1-10-18(4)20(22)16-19(17(2)3)14-12-11-13-15-23-24(8,9)21(5,6)7/h19-20,22H,1-2,12,14-16H2,3-9H3. The zero-order valence-corrected chi connectivity index (χ0v) is 17.8. The van der Waals surface area contributed by atoms with Gasteiger partial charge in [-0.15, -0.1) is 11.7 Å². The normalized spacial score (nSPS) is 14.2. The molecule has 0 aliphatic rings. The molecule has 0 aliphatic carbocycles. The first-order chi connectivity index (χ1) is 10.9. The minimum absolute atomic E-state index is 0.215. The van der Waals surface area contributed by atoms with Gasteiger partial charge in [0.25, 0.3) is 0 Å². The van der Waals surface area contributed by atoms with E-state index in [0.717, 1.165) is 24.0 Å². The predicted octanol–water partition coefficient (Wildman–Crippen LogP) is 5.47. The highest BCUT2D eigenvalue weighted by Gasteiger charge is 2.36. The molecule has 2 nitrogen and oxygen atoms in total. The molecule has 0 bridgehead atoms. The second kappa shape index (κ2) is 10.1. The fraction of sp³-hybridized carbons (Fsp3) is 0.667. The van der Waals surface area contributed by atoms with Gasteiger partial charge in [-0.2, -0.15) is 0 Å². The van der Waals surface area contributed by atoms with E-state index in [-0.39, 0.29) is 11.0 Å². The molecule has 2 unspecified atom stereocenters. The Labute approximate surface area is 150 Å². The molecule has 0 spiro atoms. The molecule has 0 rings (SSSR count). The van der Waals surface area contributed by atoms with E-state index in [9.17, 15) is 5.11 Å². The van der Waals surface area contributed by atoms with Crippen molar-refractivity contribution in [2.24, 2.45) is 5.92 Å². The van der Waals surface area contributed by atoms with Crippen molar-refractivity contribution in [2.45, 2.75) is 78.1 Å². The number of allylic oxidation sites excluding steroid dienone is 1. The molecule has 0 fully saturated rings. The van der Waals surface area contributed by atoms with Crippen LogP contribution in [0.3, 0.4) is 0 Å². The van der Waals surface area contributed by atoms with E-state index in [1.54, 1.807) is 0 Å². The van der Waals surface area contributed by atoms with E-state index in [1.165, 1.54) is 0 Å². The van der Waals surface area contributed by atoms with Crippen molar-refractivity contribution in [3.8, 4) is 11.8 Å². The Morgan fingerprint density at radius 2 is 1.79 bits per heavy atom. The molecule has 136 valence electrons. The summed E-state index contributed by atoms with van der Waals surface area (Å²) in [7, 11) is -1.71. The van der Waals surface area contributed by atoms with Crippen molar-refractivity contribution in [2.75, 3.05) is 6.61 Å². The summed E-state index contributed by atoms with van der Waals surface area (Å²) in [6, 6.07) is 0. The smallest absolute Gasteiger partial charge is 0.193 e. The molecule has 0 amide bonds. The molecule has 0 saturated carbocycles. The van der Waals surface area contributed by atoms with Gasteiger partial charge in [-0.25, -0.2) is 0 Å². The lowest BCUT2D eigenvalue weighted by Crippen LogP contribution is -2.40. The fourth-order valence-electron chi connectivity index (χ4n) is 1.95. The Balaban J connectivity index is 4.42. The minimum Gasteiger partial charge on any atom is -0.406 e. The quantitative estimate of drug-likeness (QED) is 0.273. The van der Waals surface area contributed by atoms with Gasteiger partial charge >= 0.3 is 0 Å². The highest BCUT2D eigenvalue weighted by Crippen LogP contribution is 2.36. The van der Waals surface area contributed by atoms with Crippen LogP contribution < -0.4 is 0 Å². The van der Waals surface area contributed by atoms with Gasteiger partial charge in [0.1, 0.15) is 0 Å². The van der Waals surface area contributed by atoms with Crippen LogP contribution in [0.15, 0.2) is 30.0 Å². The molecular formula is C21H36O2Si. The monoisotopic (exact) mass is 348 g/mol. The Morgan fingerprint density at radius 1 is 1.21 bits per heavy atom. The first-order valence-electron chi connectivity index (χ1n) is 8.72. The summed E-state index contributed by atoms with van der Waals surface area (Å²) in [6.45, 7) is 23.2. The number of aliphatic hydroxyl groups excluding tert-OH is 1. The Morgan fingerprint density at radius 3 is 2.25 bits per heavy atom. The van der Waals surface area contributed by atoms with Crippen LogP contribution in [0.5, 0.6) is 0 Å². The summed E-state index contributed by atoms with van der Waals surface area (Å²) in [5.74, 6) is 6.60. The van der Waals surface area contributed by atoms with Crippen molar-refractivity contribution < 1.29 is 9.53 Å². The molecule has 1 N–H and O–H groups in total. The Hall–Kier alpha value is -1.04. The van der Waals surface area contributed by atoms with Crippen LogP contribution in [0.1, 0.15) is 53.9 Å². The molecule has 24 heavy (non-hydrogen) atoms. The maximum atomic E-state index is 10.1. The zero-order valence-electron chi connectivity index (χ0n) is 16.8. The van der Waals surface area contributed by atoms with Crippen molar-refractivity contribution in [3.05, 3.63) is 30.0 Å². The third-order valence-electron chi connectivity index (χ3n) is 5.04. The molecule has 2 atom stereocenters. The van der Waals surface area contributed by atoms with Crippen molar-refractivity contribution in [3.63, 3.8) is 0 Å². The van der Waals surface area contributed by atoms with Gasteiger partial charge in [-0.05, 0) is 56.3 Å². The van der Waals surface area contributed by atoms with Crippen LogP contribution in [-0.2, 0) is 4.43 Å². The van der Waals surface area contributed by atoms with Crippen LogP contribution >= 0.6 is 0 Å². The molecule has 0 saturated heterocycles. The summed E-state index contributed by atoms with van der Waals surface area (Å²) in [5, 5.41) is 10.3. The fourth-order valence-corrected chi connectivity index (χ4v) is 2.81. The number of rotatable bonds is 8. The van der Waals surface area contributed by atoms with Gasteiger partial charge in [0, 0.05) is 6.42 Å². The summed E-state index contributed by atoms with van der Waals surface area (Å²) in [5.41, 5.74) is 4.64. The summed E-state index contributed by atoms with van der Waals surface area (Å²) in [6.07, 6.45) is 1.86. The SMILES string of the molecule is C=C=C(C)C(O)CC(CCC#CCO[Si](C)(C)C(C)(C)C)C(=C)C. The average molecular weight is 349 g/mol. The van der Waals surface area contributed by atoms with Crippen LogP contribution in [-0.4, -0.2) is 26.1 Å². The largest absolute Gasteiger partial charge is 0.406 e. The zero-order chi connectivity index (χ0) is 19.0. The van der Waals surface area contributed by atoms with Gasteiger partial charge in [0.2, 0.25) is 0 Å². The molecule has 0 heterocycles. The Bertz CT molecular complexity index is 522. The first-order valence-corrected chi connectivity index (χ1v) is 11.6. The lowest BCUT2D eigenvalue weighted by Gasteiger charge is -2.35. The maximum absolute atomic E-state index is 10.1. The number of hydrogen-bond acceptors (Lipinski definition) is 2. The van der Waals surface area contributed by atoms with Crippen LogP contribution in [0, 0.1) is 17.8 Å². The summed E-state index contributed by atoms with van der Waals surface area (Å²) in [4.78, 5) is 0. The van der Waals surface area contributed by atoms with E-state index >= 15 is 0 Å². The average Bonchev–Trinajstić information content (AvgIpc) is 2.46. The highest BCUT2D eigenvalue weighted by atomic mass is 28.4. The maximum Gasteiger partial charge on any atom is 0.193 e. The lowest BCUT2D eigenvalue weighted by atomic mass is 9.89. The van der Waals surface area contributed by atoms with E-state index < -0.39 is 14.4 Å². The van der Waals surface area contributed by atoms with E-state index in [0.29, 0.717) is 13.0 Å². The van der Waals surface area contributed by atoms with E-state index in [1.807, 2.05) is 13.8 Å². The van der Waals surface area contributed by atoms with E-state index in [2.05, 4.69) is 64.6 Å². The van der Waals surface area contributed by atoms with Crippen LogP contribution in [0.25, 0.3) is 0 Å². The molecular weight excluding hydrogens is 312 g/mol. The van der Waals surface area contributed by atoms with Gasteiger partial charge in [0.05, 0.1) is 12.7 Å². The molecule has 0 aromatic rings. The Kier molecular flexibility index (Phi) is 9.63. The molecule has 0 radical (unpaired) electrons. The molecule has 0 aromatic heterocycles. The van der Waals surface area contributed by atoms with Crippen molar-refractivity contribution >= 4 is 8.32 Å². The van der Waals surface area contributed by atoms with Crippen molar-refractivity contribution in [1.82, 2.24) is 0 Å². The van der Waals surface area contributed by atoms with Gasteiger partial charge in [-0.1, -0.05) is 45.4 Å². The lowest BCUT2D eigenvalue weighted by molar-refractivity contribution is 0.181. The summed E-state index contributed by atoms with van der Waals surface area (Å²) < 4.78 is 6.05. The molecule has 3 heteroatoms. The second-order valence-corrected chi connectivity index (χ2v) is 12.9. The third kappa shape index (κ3) is 8.17. The van der Waals surface area contributed by atoms with Crippen LogP contribution in [0.2, 0.25) is 18.1 Å². The molecule has 0 aromatic carbocycles. The summed E-state index contributed by atoms with van der Waals surface area (Å²) >= 11 is 0. The third-order valence-corrected chi connectivity index (χ3v) is 9.52. The van der Waals surface area contributed by atoms with Gasteiger partial charge < -0.3 is 9.53 Å². The highest BCUT2D eigenvalue weighted by molar-refractivity contribution is 6.74. The van der Waals surface area contributed by atoms with E-state index in [4.69, 9.17) is 4.43 Å². The second-order valence-electron chi connectivity index (χ2n) is 8.10. The van der Waals surface area contributed by atoms with Crippen LogP contribution in [0.4, 0.5) is 0 Å². The van der Waals surface area contributed by atoms with Gasteiger partial charge in [-0.3, -0.25) is 0 Å². The number of aliphatic hydroxyl groups is 1. The minimum atomic E-state index is -1.71. The first kappa shape index (κ1) is 23.0. The topological polar surface area (TPSA) is 29.5 Å². The number of hydrogen-bond donors (Lipinski definition) is 1. The predicted molar refractivity (Wildman–Crippen MR) is 107 cm³/mol. The molecule has 0 aliphatic heterocycles.